The van der Waals surface area contributed by atoms with E-state index < -0.39 is 130 Å². The van der Waals surface area contributed by atoms with Crippen molar-refractivity contribution < 1.29 is 89.1 Å². The highest BCUT2D eigenvalue weighted by molar-refractivity contribution is 5.92. The van der Waals surface area contributed by atoms with Gasteiger partial charge in [-0.15, -0.1) is 0 Å². The second-order valence-electron chi connectivity index (χ2n) is 11.5. The van der Waals surface area contributed by atoms with Crippen molar-refractivity contribution in [3.05, 3.63) is 100 Å². The van der Waals surface area contributed by atoms with Crippen LogP contribution in [-0.2, 0) is 23.7 Å². The van der Waals surface area contributed by atoms with Gasteiger partial charge in [0.2, 0.25) is 6.29 Å². The van der Waals surface area contributed by atoms with Crippen molar-refractivity contribution in [2.45, 2.75) is 36.9 Å². The number of aliphatic hydroxyl groups excluding tert-OH is 1. The Kier molecular flexibility index (Phi) is 11.0. The number of phenolic OH excluding ortho intramolecular Hbond substituents is 9. The quantitative estimate of drug-likeness (QED) is 0.0481. The normalized spacial score (nSPS) is 19.9. The zero-order valence-electron chi connectivity index (χ0n) is 27.2. The molecule has 10 N–H and O–H groups in total. The minimum Gasteiger partial charge on any atom is -0.504 e. The fourth-order valence-corrected chi connectivity index (χ4v) is 5.12. The van der Waals surface area contributed by atoms with Crippen LogP contribution in [0.4, 0.5) is 0 Å². The summed E-state index contributed by atoms with van der Waals surface area (Å²) < 4.78 is 27.9. The van der Waals surface area contributed by atoms with Crippen LogP contribution in [0, 0.1) is 6.57 Å². The predicted molar refractivity (Wildman–Crippen MR) is 175 cm³/mol. The molecule has 19 nitrogen and oxygen atoms in total. The fraction of sp³-hybridized carbons (Fsp3) is 0.200. The molecule has 1 aliphatic rings. The molecule has 54 heavy (non-hydrogen) atoms. The fourth-order valence-electron chi connectivity index (χ4n) is 5.12. The maximum Gasteiger partial charge on any atom is 0.356 e. The van der Waals surface area contributed by atoms with Crippen molar-refractivity contribution in [3.63, 3.8) is 0 Å². The molecule has 0 saturated carbocycles. The van der Waals surface area contributed by atoms with Gasteiger partial charge in [0.1, 0.15) is 18.8 Å². The molecule has 0 spiro atoms. The first-order valence-corrected chi connectivity index (χ1v) is 15.3. The number of phenols is 9. The van der Waals surface area contributed by atoms with Gasteiger partial charge in [0.15, 0.2) is 64.0 Å². The number of rotatable bonds is 10. The first-order chi connectivity index (χ1) is 25.6. The van der Waals surface area contributed by atoms with Crippen LogP contribution in [0.1, 0.15) is 42.9 Å². The molecule has 1 heterocycles. The van der Waals surface area contributed by atoms with E-state index in [2.05, 4.69) is 4.85 Å². The highest BCUT2D eigenvalue weighted by Crippen LogP contribution is 2.39. The Morgan fingerprint density at radius 2 is 1.06 bits per heavy atom. The van der Waals surface area contributed by atoms with Gasteiger partial charge in [0.05, 0.1) is 22.3 Å². The Labute approximate surface area is 302 Å². The smallest absolute Gasteiger partial charge is 0.356 e. The molecule has 1 saturated heterocycles. The lowest BCUT2D eigenvalue weighted by molar-refractivity contribution is -0.306. The molecule has 0 radical (unpaired) electrons. The molecule has 4 aromatic carbocycles. The highest BCUT2D eigenvalue weighted by atomic mass is 16.7. The highest BCUT2D eigenvalue weighted by Gasteiger charge is 2.52. The van der Waals surface area contributed by atoms with Crippen molar-refractivity contribution >= 4 is 17.9 Å². The Hall–Kier alpha value is -7.14. The lowest BCUT2D eigenvalue weighted by Crippen LogP contribution is -2.62. The molecule has 0 amide bonds. The van der Waals surface area contributed by atoms with E-state index in [-0.39, 0.29) is 5.56 Å². The SMILES string of the molecule is [C-]#[N+][C@H](O[C@@H]1O[C@H](COC(=O)c2cc(O)c(O)c(O)c2)[C@@H](O)[C@H](OC(=O)c2cc(O)c(O)c(O)c2)[C@H]1OC(=O)c1cc(O)c(O)c(O)c1)c1ccccc1. The van der Waals surface area contributed by atoms with Crippen LogP contribution in [0.25, 0.3) is 4.85 Å². The summed E-state index contributed by atoms with van der Waals surface area (Å²) in [5, 5.41) is 100. The number of aliphatic hydroxyl groups is 1. The molecule has 4 aromatic rings. The van der Waals surface area contributed by atoms with E-state index in [1.165, 1.54) is 12.1 Å². The molecular weight excluding hydrogens is 722 g/mol. The largest absolute Gasteiger partial charge is 0.504 e. The Balaban J connectivity index is 1.54. The number of ether oxygens (including phenoxy) is 5. The third kappa shape index (κ3) is 8.00. The standard InChI is InChI=1S/C35H29NO18/c1-36-31(14-5-3-2-4-6-14)54-35-30(53-34(49)17-11-22(41)27(45)23(42)12-17)29(52-33(48)16-9-20(39)26(44)21(40)10-16)28(46)24(51-35)13-50-32(47)15-7-18(37)25(43)19(38)8-15/h2-12,24,28-31,35,37-46H,13H2/t24-,28-,29+,30-,31-,35+/m1/s1. The molecule has 0 unspecified atom stereocenters. The van der Waals surface area contributed by atoms with E-state index in [1.54, 1.807) is 18.2 Å². The molecule has 1 fully saturated rings. The van der Waals surface area contributed by atoms with Gasteiger partial charge in [-0.25, -0.2) is 21.0 Å². The van der Waals surface area contributed by atoms with Gasteiger partial charge in [0.25, 0.3) is 0 Å². The van der Waals surface area contributed by atoms with Crippen LogP contribution < -0.4 is 0 Å². The topological polar surface area (TPSA) is 304 Å². The van der Waals surface area contributed by atoms with E-state index in [9.17, 15) is 65.4 Å². The summed E-state index contributed by atoms with van der Waals surface area (Å²) in [4.78, 5) is 43.1. The van der Waals surface area contributed by atoms with Crippen molar-refractivity contribution in [2.75, 3.05) is 6.61 Å². The molecule has 1 aliphatic heterocycles. The number of hydrogen-bond donors (Lipinski definition) is 10. The van der Waals surface area contributed by atoms with Gasteiger partial charge in [-0.2, -0.15) is 0 Å². The van der Waals surface area contributed by atoms with Gasteiger partial charge in [-0.1, -0.05) is 18.2 Å². The van der Waals surface area contributed by atoms with Crippen LogP contribution in [0.15, 0.2) is 66.7 Å². The summed E-state index contributed by atoms with van der Waals surface area (Å²) in [6.45, 7) is 6.85. The molecule has 5 rings (SSSR count). The van der Waals surface area contributed by atoms with E-state index >= 15 is 0 Å². The third-order valence-corrected chi connectivity index (χ3v) is 7.86. The minimum atomic E-state index is -2.12. The summed E-state index contributed by atoms with van der Waals surface area (Å²) in [5.41, 5.74) is -1.41. The van der Waals surface area contributed by atoms with E-state index in [0.717, 1.165) is 12.1 Å². The number of nitrogens with zero attached hydrogens (tertiary/aromatic N) is 1. The van der Waals surface area contributed by atoms with Crippen LogP contribution in [0.5, 0.6) is 51.7 Å². The summed E-state index contributed by atoms with van der Waals surface area (Å²) in [7, 11) is 0. The van der Waals surface area contributed by atoms with E-state index in [1.807, 2.05) is 0 Å². The summed E-state index contributed by atoms with van der Waals surface area (Å²) in [6, 6.07) is 12.0. The molecule has 6 atom stereocenters. The second-order valence-corrected chi connectivity index (χ2v) is 11.5. The molecule has 0 bridgehead atoms. The predicted octanol–water partition coefficient (Wildman–Crippen LogP) is 2.37. The molecule has 282 valence electrons. The zero-order valence-corrected chi connectivity index (χ0v) is 27.2. The van der Waals surface area contributed by atoms with Crippen molar-refractivity contribution in [2.24, 2.45) is 0 Å². The second kappa shape index (κ2) is 15.6. The molecule has 19 heteroatoms. The maximum atomic E-state index is 13.4. The van der Waals surface area contributed by atoms with Crippen LogP contribution in [-0.4, -0.2) is 106 Å². The average molecular weight is 752 g/mol. The first kappa shape index (κ1) is 38.1. The van der Waals surface area contributed by atoms with Gasteiger partial charge >= 0.3 is 24.1 Å². The first-order valence-electron chi connectivity index (χ1n) is 15.3. The van der Waals surface area contributed by atoms with E-state index in [4.69, 9.17) is 30.3 Å². The van der Waals surface area contributed by atoms with E-state index in [0.29, 0.717) is 24.3 Å². The number of carbonyl (C=O) groups is 3. The van der Waals surface area contributed by atoms with Gasteiger partial charge in [-0.05, 0) is 48.5 Å². The van der Waals surface area contributed by atoms with Gasteiger partial charge in [-0.3, -0.25) is 9.58 Å². The number of aromatic hydroxyl groups is 9. The Bertz CT molecular complexity index is 2050. The summed E-state index contributed by atoms with van der Waals surface area (Å²) in [6.07, 6.45) is -11.5. The van der Waals surface area contributed by atoms with Crippen molar-refractivity contribution in [3.8, 4) is 51.7 Å². The average Bonchev–Trinajstić information content (AvgIpc) is 3.14. The third-order valence-electron chi connectivity index (χ3n) is 7.86. The van der Waals surface area contributed by atoms with Crippen LogP contribution in [0.3, 0.4) is 0 Å². The number of carbonyl (C=O) groups excluding carboxylic acids is 3. The Morgan fingerprint density at radius 3 is 1.48 bits per heavy atom. The van der Waals surface area contributed by atoms with Crippen molar-refractivity contribution in [1.29, 1.82) is 0 Å². The lowest BCUT2D eigenvalue weighted by Gasteiger charge is -2.42. The minimum absolute atomic E-state index is 0.249. The summed E-state index contributed by atoms with van der Waals surface area (Å²) in [5.74, 6) is -12.5. The Morgan fingerprint density at radius 1 is 0.648 bits per heavy atom. The van der Waals surface area contributed by atoms with Gasteiger partial charge in [0, 0.05) is 0 Å². The van der Waals surface area contributed by atoms with Crippen molar-refractivity contribution in [1.82, 2.24) is 0 Å². The zero-order chi connectivity index (χ0) is 39.4. The lowest BCUT2D eigenvalue weighted by atomic mass is 9.98. The number of hydrogen-bond acceptors (Lipinski definition) is 18. The molecule has 0 aromatic heterocycles. The van der Waals surface area contributed by atoms with Crippen LogP contribution >= 0.6 is 0 Å². The maximum absolute atomic E-state index is 13.4. The van der Waals surface area contributed by atoms with Gasteiger partial charge < -0.3 is 70.0 Å². The molecular formula is C35H29NO18. The monoisotopic (exact) mass is 751 g/mol. The molecule has 0 aliphatic carbocycles. The number of esters is 3. The van der Waals surface area contributed by atoms with Crippen LogP contribution in [0.2, 0.25) is 0 Å². The summed E-state index contributed by atoms with van der Waals surface area (Å²) >= 11 is 0. The number of benzene rings is 4.